The number of pyridine rings is 1. The lowest BCUT2D eigenvalue weighted by atomic mass is 10.2. The van der Waals surface area contributed by atoms with Crippen LogP contribution in [0.15, 0.2) is 24.5 Å². The van der Waals surface area contributed by atoms with Gasteiger partial charge >= 0.3 is 0 Å². The average Bonchev–Trinajstić information content (AvgIpc) is 2.23. The lowest BCUT2D eigenvalue weighted by molar-refractivity contribution is -0.697. The van der Waals surface area contributed by atoms with Crippen LogP contribution >= 0.6 is 0 Å². The van der Waals surface area contributed by atoms with Gasteiger partial charge in [-0.1, -0.05) is 6.92 Å². The fourth-order valence-electron chi connectivity index (χ4n) is 1.50. The Labute approximate surface area is 96.7 Å². The van der Waals surface area contributed by atoms with Gasteiger partial charge in [-0.3, -0.25) is 4.55 Å². The molecular weight excluding hydrogens is 226 g/mol. The Morgan fingerprint density at radius 2 is 2.12 bits per heavy atom. The summed E-state index contributed by atoms with van der Waals surface area (Å²) in [5, 5.41) is 0. The number of nitrogens with zero attached hydrogens (tertiary/aromatic N) is 1. The van der Waals surface area contributed by atoms with E-state index in [2.05, 4.69) is 19.2 Å². The summed E-state index contributed by atoms with van der Waals surface area (Å²) in [6.45, 7) is 2.88. The highest BCUT2D eigenvalue weighted by molar-refractivity contribution is 7.85. The van der Waals surface area contributed by atoms with Gasteiger partial charge in [0.2, 0.25) is 0 Å². The molecule has 0 aromatic carbocycles. The summed E-state index contributed by atoms with van der Waals surface area (Å²) < 4.78 is 31.6. The molecule has 0 saturated carbocycles. The van der Waals surface area contributed by atoms with E-state index in [9.17, 15) is 8.42 Å². The van der Waals surface area contributed by atoms with Gasteiger partial charge in [-0.25, -0.2) is 4.57 Å². The third-order valence-electron chi connectivity index (χ3n) is 2.40. The highest BCUT2D eigenvalue weighted by Gasteiger charge is 2.06. The van der Waals surface area contributed by atoms with Crippen LogP contribution in [0.3, 0.4) is 0 Å². The normalized spacial score (nSPS) is 11.6. The molecule has 0 atom stereocenters. The molecule has 0 aliphatic rings. The molecule has 0 fully saturated rings. The van der Waals surface area contributed by atoms with Gasteiger partial charge in [-0.2, -0.15) is 8.42 Å². The first kappa shape index (κ1) is 13.1. The minimum Gasteiger partial charge on any atom is -0.286 e. The van der Waals surface area contributed by atoms with Crippen molar-refractivity contribution in [2.45, 2.75) is 32.7 Å². The van der Waals surface area contributed by atoms with Crippen LogP contribution in [0.4, 0.5) is 0 Å². The van der Waals surface area contributed by atoms with E-state index < -0.39 is 10.1 Å². The molecule has 1 heterocycles. The Hall–Kier alpha value is -0.940. The van der Waals surface area contributed by atoms with Crippen LogP contribution in [-0.4, -0.2) is 18.7 Å². The molecule has 4 nitrogen and oxygen atoms in total. The average molecular weight is 244 g/mol. The zero-order valence-corrected chi connectivity index (χ0v) is 10.3. The summed E-state index contributed by atoms with van der Waals surface area (Å²) in [7, 11) is -3.80. The van der Waals surface area contributed by atoms with E-state index in [0.717, 1.165) is 19.4 Å². The summed E-state index contributed by atoms with van der Waals surface area (Å²) >= 11 is 0. The third kappa shape index (κ3) is 5.23. The van der Waals surface area contributed by atoms with E-state index in [1.165, 1.54) is 5.56 Å². The minimum absolute atomic E-state index is 0.152. The van der Waals surface area contributed by atoms with E-state index >= 15 is 0 Å². The second-order valence-corrected chi connectivity index (χ2v) is 5.37. The predicted octanol–water partition coefficient (Wildman–Crippen LogP) is 1.20. The van der Waals surface area contributed by atoms with Crippen LogP contribution in [0.5, 0.6) is 0 Å². The fourth-order valence-corrected chi connectivity index (χ4v) is 2.07. The molecular formula is C11H18NO3S+. The topological polar surface area (TPSA) is 58.2 Å². The van der Waals surface area contributed by atoms with E-state index in [1.54, 1.807) is 0 Å². The fraction of sp³-hybridized carbons (Fsp3) is 0.545. The summed E-state index contributed by atoms with van der Waals surface area (Å²) in [5.41, 5.74) is 1.26. The smallest absolute Gasteiger partial charge is 0.264 e. The number of unbranched alkanes of at least 4 members (excludes halogenated alkanes) is 1. The van der Waals surface area contributed by atoms with Crippen molar-refractivity contribution in [3.8, 4) is 0 Å². The summed E-state index contributed by atoms with van der Waals surface area (Å²) in [6.07, 6.45) is 6.26. The molecule has 1 rings (SSSR count). The van der Waals surface area contributed by atoms with Crippen LogP contribution in [0.2, 0.25) is 0 Å². The summed E-state index contributed by atoms with van der Waals surface area (Å²) in [4.78, 5) is 0. The van der Waals surface area contributed by atoms with Gasteiger partial charge in [-0.15, -0.1) is 0 Å². The van der Waals surface area contributed by atoms with Crippen LogP contribution in [0.25, 0.3) is 0 Å². The first-order valence-electron chi connectivity index (χ1n) is 5.44. The Morgan fingerprint density at radius 3 is 2.75 bits per heavy atom. The second-order valence-electron chi connectivity index (χ2n) is 3.80. The molecule has 1 aromatic heterocycles. The van der Waals surface area contributed by atoms with E-state index in [0.29, 0.717) is 6.42 Å². The molecule has 0 radical (unpaired) electrons. The quantitative estimate of drug-likeness (QED) is 0.465. The monoisotopic (exact) mass is 244 g/mol. The van der Waals surface area contributed by atoms with Crippen molar-refractivity contribution in [2.75, 3.05) is 5.75 Å². The van der Waals surface area contributed by atoms with Crippen LogP contribution < -0.4 is 4.57 Å². The standard InChI is InChI=1S/C11H17NO3S/c1-2-11-6-5-8-12(10-11)7-3-4-9-16(13,14)15/h5-6,8,10H,2-4,7,9H2,1H3/p+1. The maximum Gasteiger partial charge on any atom is 0.264 e. The lowest BCUT2D eigenvalue weighted by Crippen LogP contribution is -2.33. The van der Waals surface area contributed by atoms with Gasteiger partial charge in [0, 0.05) is 18.1 Å². The van der Waals surface area contributed by atoms with Crippen molar-refractivity contribution in [2.24, 2.45) is 0 Å². The van der Waals surface area contributed by atoms with Gasteiger partial charge in [0.1, 0.15) is 6.54 Å². The molecule has 0 amide bonds. The molecule has 1 N–H and O–H groups in total. The largest absolute Gasteiger partial charge is 0.286 e. The zero-order valence-electron chi connectivity index (χ0n) is 9.46. The number of hydrogen-bond donors (Lipinski definition) is 1. The Bertz CT molecular complexity index is 429. The highest BCUT2D eigenvalue weighted by Crippen LogP contribution is 1.97. The molecule has 1 aromatic rings. The molecule has 16 heavy (non-hydrogen) atoms. The van der Waals surface area contributed by atoms with Crippen molar-refractivity contribution in [1.29, 1.82) is 0 Å². The number of hydrogen-bond acceptors (Lipinski definition) is 2. The van der Waals surface area contributed by atoms with Gasteiger partial charge in [0.05, 0.1) is 5.75 Å². The summed E-state index contributed by atoms with van der Waals surface area (Å²) in [5.74, 6) is -0.152. The summed E-state index contributed by atoms with van der Waals surface area (Å²) in [6, 6.07) is 4.05. The molecule has 0 saturated heterocycles. The van der Waals surface area contributed by atoms with E-state index in [-0.39, 0.29) is 5.75 Å². The van der Waals surface area contributed by atoms with Crippen LogP contribution in [-0.2, 0) is 23.1 Å². The Kier molecular flexibility index (Phi) is 4.89. The molecule has 0 bridgehead atoms. The van der Waals surface area contributed by atoms with Gasteiger partial charge in [0.15, 0.2) is 12.4 Å². The molecule has 5 heteroatoms. The SMILES string of the molecule is CCc1ccc[n+](CCCCS(=O)(=O)O)c1. The second kappa shape index (κ2) is 5.96. The van der Waals surface area contributed by atoms with Crippen molar-refractivity contribution in [3.63, 3.8) is 0 Å². The van der Waals surface area contributed by atoms with Gasteiger partial charge in [0.25, 0.3) is 10.1 Å². The first-order valence-corrected chi connectivity index (χ1v) is 7.05. The maximum absolute atomic E-state index is 10.5. The minimum atomic E-state index is -3.80. The number of rotatable bonds is 6. The highest BCUT2D eigenvalue weighted by atomic mass is 32.2. The lowest BCUT2D eigenvalue weighted by Gasteiger charge is -1.99. The Balaban J connectivity index is 2.37. The number of aryl methyl sites for hydroxylation is 2. The van der Waals surface area contributed by atoms with Crippen molar-refractivity contribution in [3.05, 3.63) is 30.1 Å². The van der Waals surface area contributed by atoms with Gasteiger partial charge < -0.3 is 0 Å². The molecule has 0 aliphatic carbocycles. The maximum atomic E-state index is 10.5. The predicted molar refractivity (Wildman–Crippen MR) is 61.7 cm³/mol. The van der Waals surface area contributed by atoms with Crippen molar-refractivity contribution in [1.82, 2.24) is 0 Å². The van der Waals surface area contributed by atoms with E-state index in [4.69, 9.17) is 4.55 Å². The number of aromatic nitrogens is 1. The zero-order chi connectivity index (χ0) is 12.0. The molecule has 0 unspecified atom stereocenters. The molecule has 0 spiro atoms. The molecule has 0 aliphatic heterocycles. The van der Waals surface area contributed by atoms with Crippen LogP contribution in [0.1, 0.15) is 25.3 Å². The Morgan fingerprint density at radius 1 is 1.38 bits per heavy atom. The van der Waals surface area contributed by atoms with E-state index in [1.807, 2.05) is 16.8 Å². The van der Waals surface area contributed by atoms with Crippen molar-refractivity contribution >= 4 is 10.1 Å². The third-order valence-corrected chi connectivity index (χ3v) is 3.20. The van der Waals surface area contributed by atoms with Crippen LogP contribution in [0, 0.1) is 0 Å². The van der Waals surface area contributed by atoms with Crippen molar-refractivity contribution < 1.29 is 17.5 Å². The molecule has 90 valence electrons. The first-order chi connectivity index (χ1) is 7.51. The van der Waals surface area contributed by atoms with Gasteiger partial charge in [-0.05, 0) is 18.9 Å².